The zero-order valence-electron chi connectivity index (χ0n) is 8.98. The summed E-state index contributed by atoms with van der Waals surface area (Å²) in [5, 5.41) is 7.59. The molecular weight excluding hydrogens is 262 g/mol. The Morgan fingerprint density at radius 3 is 3.00 bits per heavy atom. The fraction of sp³-hybridized carbons (Fsp3) is 0.300. The zero-order valence-corrected chi connectivity index (χ0v) is 10.6. The van der Waals surface area contributed by atoms with Gasteiger partial charge in [-0.25, -0.2) is 8.42 Å². The number of benzene rings is 1. The smallest absolute Gasteiger partial charge is 0.232 e. The van der Waals surface area contributed by atoms with Crippen LogP contribution in [0.25, 0.3) is 10.9 Å². The Labute approximate surface area is 104 Å². The molecule has 1 aromatic heterocycles. The number of sulfonamides is 1. The second-order valence-corrected chi connectivity index (χ2v) is 5.86. The van der Waals surface area contributed by atoms with Crippen molar-refractivity contribution in [3.8, 4) is 0 Å². The van der Waals surface area contributed by atoms with E-state index in [0.717, 1.165) is 10.9 Å². The van der Waals surface area contributed by atoms with Crippen LogP contribution in [0.1, 0.15) is 6.42 Å². The topological polar surface area (TPSA) is 74.8 Å². The molecule has 0 aliphatic rings. The lowest BCUT2D eigenvalue weighted by atomic mass is 10.2. The molecule has 0 aliphatic carbocycles. The number of aromatic nitrogens is 2. The van der Waals surface area contributed by atoms with Crippen LogP contribution in [-0.4, -0.2) is 30.2 Å². The number of H-pyrrole nitrogens is 1. The minimum atomic E-state index is -3.32. The lowest BCUT2D eigenvalue weighted by Gasteiger charge is -2.06. The van der Waals surface area contributed by atoms with Crippen LogP contribution in [0.4, 0.5) is 5.69 Å². The number of hydrogen-bond acceptors (Lipinski definition) is 3. The molecule has 0 saturated heterocycles. The van der Waals surface area contributed by atoms with Crippen molar-refractivity contribution in [2.75, 3.05) is 16.4 Å². The molecule has 92 valence electrons. The maximum Gasteiger partial charge on any atom is 0.232 e. The summed E-state index contributed by atoms with van der Waals surface area (Å²) in [6.45, 7) is 0. The molecule has 0 saturated carbocycles. The van der Waals surface area contributed by atoms with Crippen LogP contribution in [0.15, 0.2) is 24.4 Å². The Morgan fingerprint density at radius 2 is 2.24 bits per heavy atom. The predicted molar refractivity (Wildman–Crippen MR) is 68.8 cm³/mol. The Bertz CT molecular complexity index is 609. The third-order valence-corrected chi connectivity index (χ3v) is 3.90. The van der Waals surface area contributed by atoms with E-state index in [1.807, 2.05) is 0 Å². The number of rotatable bonds is 5. The first-order chi connectivity index (χ1) is 8.11. The summed E-state index contributed by atoms with van der Waals surface area (Å²) in [6.07, 6.45) is 2.12. The van der Waals surface area contributed by atoms with Crippen molar-refractivity contribution in [1.29, 1.82) is 0 Å². The third kappa shape index (κ3) is 3.10. The Morgan fingerprint density at radius 1 is 1.41 bits per heavy atom. The van der Waals surface area contributed by atoms with Crippen LogP contribution in [-0.2, 0) is 10.0 Å². The van der Waals surface area contributed by atoms with Gasteiger partial charge in [0.1, 0.15) is 0 Å². The van der Waals surface area contributed by atoms with Gasteiger partial charge in [-0.2, -0.15) is 5.10 Å². The van der Waals surface area contributed by atoms with Gasteiger partial charge in [0, 0.05) is 11.3 Å². The number of alkyl halides is 1. The second kappa shape index (κ2) is 4.93. The lowest BCUT2D eigenvalue weighted by molar-refractivity contribution is 0.600. The fourth-order valence-corrected chi connectivity index (χ4v) is 2.88. The number of nitrogens with one attached hydrogen (secondary N) is 2. The summed E-state index contributed by atoms with van der Waals surface area (Å²) in [4.78, 5) is 0. The molecule has 0 radical (unpaired) electrons. The van der Waals surface area contributed by atoms with Crippen molar-refractivity contribution in [2.45, 2.75) is 6.42 Å². The molecule has 0 bridgehead atoms. The van der Waals surface area contributed by atoms with Gasteiger partial charge in [-0.3, -0.25) is 9.82 Å². The first kappa shape index (κ1) is 12.2. The predicted octanol–water partition coefficient (Wildman–Crippen LogP) is 1.93. The highest BCUT2D eigenvalue weighted by atomic mass is 35.5. The Balaban J connectivity index is 2.17. The molecule has 0 amide bonds. The fourth-order valence-electron chi connectivity index (χ4n) is 1.48. The lowest BCUT2D eigenvalue weighted by Crippen LogP contribution is -2.16. The minimum Gasteiger partial charge on any atom is -0.283 e. The van der Waals surface area contributed by atoms with Crippen LogP contribution < -0.4 is 4.72 Å². The molecule has 2 N–H and O–H groups in total. The number of fused-ring (bicyclic) bond motifs is 1. The second-order valence-electron chi connectivity index (χ2n) is 3.64. The van der Waals surface area contributed by atoms with Crippen molar-refractivity contribution >= 4 is 38.2 Å². The van der Waals surface area contributed by atoms with Gasteiger partial charge in [-0.1, -0.05) is 0 Å². The molecule has 7 heteroatoms. The first-order valence-corrected chi connectivity index (χ1v) is 7.29. The maximum atomic E-state index is 11.6. The van der Waals surface area contributed by atoms with Gasteiger partial charge < -0.3 is 0 Å². The molecule has 1 aromatic carbocycles. The normalized spacial score (nSPS) is 11.8. The van der Waals surface area contributed by atoms with Gasteiger partial charge in [0.25, 0.3) is 0 Å². The molecule has 0 unspecified atom stereocenters. The summed E-state index contributed by atoms with van der Waals surface area (Å²) >= 11 is 5.47. The van der Waals surface area contributed by atoms with E-state index in [9.17, 15) is 8.42 Å². The molecule has 0 spiro atoms. The quantitative estimate of drug-likeness (QED) is 0.818. The SMILES string of the molecule is O=S(=O)(CCCCl)Nc1ccc2cn[nH]c2c1. The number of anilines is 1. The van der Waals surface area contributed by atoms with Crippen molar-refractivity contribution in [2.24, 2.45) is 0 Å². The van der Waals surface area contributed by atoms with E-state index < -0.39 is 10.0 Å². The van der Waals surface area contributed by atoms with Crippen molar-refractivity contribution in [3.05, 3.63) is 24.4 Å². The van der Waals surface area contributed by atoms with Gasteiger partial charge in [-0.05, 0) is 24.6 Å². The van der Waals surface area contributed by atoms with Gasteiger partial charge in [-0.15, -0.1) is 11.6 Å². The summed E-state index contributed by atoms with van der Waals surface area (Å²) in [5.41, 5.74) is 1.32. The van der Waals surface area contributed by atoms with Crippen LogP contribution in [0.5, 0.6) is 0 Å². The van der Waals surface area contributed by atoms with Crippen LogP contribution >= 0.6 is 11.6 Å². The number of hydrogen-bond donors (Lipinski definition) is 2. The van der Waals surface area contributed by atoms with E-state index in [0.29, 0.717) is 18.0 Å². The summed E-state index contributed by atoms with van der Waals surface area (Å²) in [5.74, 6) is 0.359. The average molecular weight is 274 g/mol. The van der Waals surface area contributed by atoms with E-state index in [2.05, 4.69) is 14.9 Å². The number of aromatic amines is 1. The average Bonchev–Trinajstić information content (AvgIpc) is 2.73. The summed E-state index contributed by atoms with van der Waals surface area (Å²) in [6, 6.07) is 5.22. The van der Waals surface area contributed by atoms with E-state index in [-0.39, 0.29) is 5.75 Å². The zero-order chi connectivity index (χ0) is 12.3. The number of nitrogens with zero attached hydrogens (tertiary/aromatic N) is 1. The van der Waals surface area contributed by atoms with Gasteiger partial charge in [0.05, 0.1) is 23.2 Å². The molecule has 2 aromatic rings. The van der Waals surface area contributed by atoms with Crippen molar-refractivity contribution in [3.63, 3.8) is 0 Å². The van der Waals surface area contributed by atoms with Crippen LogP contribution in [0.2, 0.25) is 0 Å². The number of halogens is 1. The largest absolute Gasteiger partial charge is 0.283 e. The molecule has 17 heavy (non-hydrogen) atoms. The summed E-state index contributed by atoms with van der Waals surface area (Å²) < 4.78 is 25.8. The van der Waals surface area contributed by atoms with Crippen molar-refractivity contribution < 1.29 is 8.42 Å². The van der Waals surface area contributed by atoms with Gasteiger partial charge >= 0.3 is 0 Å². The van der Waals surface area contributed by atoms with Crippen LogP contribution in [0.3, 0.4) is 0 Å². The molecule has 1 heterocycles. The van der Waals surface area contributed by atoms with Gasteiger partial charge in [0.2, 0.25) is 10.0 Å². The first-order valence-electron chi connectivity index (χ1n) is 5.10. The standard InChI is InChI=1S/C10H12ClN3O2S/c11-4-1-5-17(15,16)14-9-3-2-8-7-12-13-10(8)6-9/h2-3,6-7,14H,1,4-5H2,(H,12,13). The molecule has 0 fully saturated rings. The molecular formula is C10H12ClN3O2S. The Hall–Kier alpha value is -1.27. The highest BCUT2D eigenvalue weighted by Crippen LogP contribution is 2.17. The molecule has 2 rings (SSSR count). The van der Waals surface area contributed by atoms with E-state index in [4.69, 9.17) is 11.6 Å². The monoisotopic (exact) mass is 273 g/mol. The highest BCUT2D eigenvalue weighted by molar-refractivity contribution is 7.92. The third-order valence-electron chi connectivity index (χ3n) is 2.26. The Kier molecular flexibility index (Phi) is 3.54. The highest BCUT2D eigenvalue weighted by Gasteiger charge is 2.10. The molecule has 0 aliphatic heterocycles. The van der Waals surface area contributed by atoms with E-state index in [1.165, 1.54) is 0 Å². The van der Waals surface area contributed by atoms with E-state index >= 15 is 0 Å². The molecule has 5 nitrogen and oxygen atoms in total. The van der Waals surface area contributed by atoms with Crippen molar-refractivity contribution in [1.82, 2.24) is 10.2 Å². The maximum absolute atomic E-state index is 11.6. The van der Waals surface area contributed by atoms with Gasteiger partial charge in [0.15, 0.2) is 0 Å². The van der Waals surface area contributed by atoms with Crippen LogP contribution in [0, 0.1) is 0 Å². The minimum absolute atomic E-state index is 0.0253. The summed E-state index contributed by atoms with van der Waals surface area (Å²) in [7, 11) is -3.32. The molecule has 0 atom stereocenters. The van der Waals surface area contributed by atoms with E-state index in [1.54, 1.807) is 24.4 Å².